The molecule has 0 saturated heterocycles. The van der Waals surface area contributed by atoms with Gasteiger partial charge in [-0.1, -0.05) is 27.7 Å². The standard InChI is InChI=1S/C19H26O3/c1-5-15-7-9-21-17(15)11-13(3)19(20)14(4)12-18-16(6-2)8-10-22-18/h7-10,13-14H,5-6,11-12H2,1-4H3. The fourth-order valence-electron chi connectivity index (χ4n) is 2.97. The Bertz CT molecular complexity index is 553. The Morgan fingerprint density at radius 1 is 0.909 bits per heavy atom. The summed E-state index contributed by atoms with van der Waals surface area (Å²) in [6, 6.07) is 3.98. The summed E-state index contributed by atoms with van der Waals surface area (Å²) in [4.78, 5) is 12.6. The zero-order valence-electron chi connectivity index (χ0n) is 14.0. The van der Waals surface area contributed by atoms with Gasteiger partial charge in [0.15, 0.2) is 0 Å². The SMILES string of the molecule is CCc1ccoc1CC(C)C(=O)C(C)Cc1occc1CC. The molecule has 0 aliphatic rings. The predicted octanol–water partition coefficient (Wildman–Crippen LogP) is 4.62. The second-order valence-electron chi connectivity index (χ2n) is 6.06. The van der Waals surface area contributed by atoms with Gasteiger partial charge in [-0.25, -0.2) is 0 Å². The maximum absolute atomic E-state index is 12.6. The second-order valence-corrected chi connectivity index (χ2v) is 6.06. The van der Waals surface area contributed by atoms with Gasteiger partial charge in [-0.2, -0.15) is 0 Å². The summed E-state index contributed by atoms with van der Waals surface area (Å²) in [5, 5.41) is 0. The van der Waals surface area contributed by atoms with E-state index in [4.69, 9.17) is 8.83 Å². The van der Waals surface area contributed by atoms with Gasteiger partial charge in [0, 0.05) is 24.7 Å². The van der Waals surface area contributed by atoms with Gasteiger partial charge in [0.05, 0.1) is 12.5 Å². The van der Waals surface area contributed by atoms with Crippen LogP contribution < -0.4 is 0 Å². The van der Waals surface area contributed by atoms with E-state index >= 15 is 0 Å². The third-order valence-electron chi connectivity index (χ3n) is 4.39. The number of furan rings is 2. The average Bonchev–Trinajstić information content (AvgIpc) is 3.14. The largest absolute Gasteiger partial charge is 0.469 e. The minimum atomic E-state index is -0.0357. The number of hydrogen-bond donors (Lipinski definition) is 0. The average molecular weight is 302 g/mol. The maximum Gasteiger partial charge on any atom is 0.139 e. The molecule has 0 spiro atoms. The first-order valence-electron chi connectivity index (χ1n) is 8.20. The molecule has 2 aromatic heterocycles. The van der Waals surface area contributed by atoms with Crippen LogP contribution in [-0.4, -0.2) is 5.78 Å². The van der Waals surface area contributed by atoms with Crippen LogP contribution >= 0.6 is 0 Å². The summed E-state index contributed by atoms with van der Waals surface area (Å²) in [7, 11) is 0. The monoisotopic (exact) mass is 302 g/mol. The Morgan fingerprint density at radius 3 is 1.68 bits per heavy atom. The molecule has 0 saturated carbocycles. The third-order valence-corrected chi connectivity index (χ3v) is 4.39. The van der Waals surface area contributed by atoms with E-state index in [-0.39, 0.29) is 17.6 Å². The van der Waals surface area contributed by atoms with Gasteiger partial charge in [0.1, 0.15) is 17.3 Å². The predicted molar refractivity (Wildman–Crippen MR) is 86.9 cm³/mol. The zero-order chi connectivity index (χ0) is 16.1. The highest BCUT2D eigenvalue weighted by Crippen LogP contribution is 2.22. The van der Waals surface area contributed by atoms with Crippen molar-refractivity contribution in [2.24, 2.45) is 11.8 Å². The van der Waals surface area contributed by atoms with Crippen LogP contribution in [-0.2, 0) is 30.5 Å². The van der Waals surface area contributed by atoms with Crippen LogP contribution in [0.15, 0.2) is 33.5 Å². The zero-order valence-corrected chi connectivity index (χ0v) is 14.0. The number of hydrogen-bond acceptors (Lipinski definition) is 3. The van der Waals surface area contributed by atoms with E-state index in [1.165, 1.54) is 11.1 Å². The van der Waals surface area contributed by atoms with E-state index in [2.05, 4.69) is 13.8 Å². The molecule has 2 rings (SSSR count). The molecule has 0 aliphatic heterocycles. The maximum atomic E-state index is 12.6. The lowest BCUT2D eigenvalue weighted by Gasteiger charge is -2.15. The molecule has 3 heteroatoms. The van der Waals surface area contributed by atoms with Gasteiger partial charge < -0.3 is 8.83 Å². The van der Waals surface area contributed by atoms with Crippen molar-refractivity contribution in [3.05, 3.63) is 47.3 Å². The number of ketones is 1. The van der Waals surface area contributed by atoms with E-state index in [9.17, 15) is 4.79 Å². The molecule has 3 nitrogen and oxygen atoms in total. The first kappa shape index (κ1) is 16.6. The van der Waals surface area contributed by atoms with Crippen molar-refractivity contribution in [2.75, 3.05) is 0 Å². The Balaban J connectivity index is 1.98. The Labute approximate surface area is 132 Å². The molecule has 0 N–H and O–H groups in total. The highest BCUT2D eigenvalue weighted by molar-refractivity contribution is 5.83. The molecule has 2 heterocycles. The second kappa shape index (κ2) is 7.48. The van der Waals surface area contributed by atoms with Crippen LogP contribution in [0.4, 0.5) is 0 Å². The summed E-state index contributed by atoms with van der Waals surface area (Å²) in [5.74, 6) is 2.10. The topological polar surface area (TPSA) is 43.4 Å². The van der Waals surface area contributed by atoms with E-state index in [0.717, 1.165) is 24.4 Å². The molecule has 0 aromatic carbocycles. The summed E-state index contributed by atoms with van der Waals surface area (Å²) >= 11 is 0. The molecular formula is C19H26O3. The molecule has 0 fully saturated rings. The van der Waals surface area contributed by atoms with Crippen LogP contribution in [0.3, 0.4) is 0 Å². The highest BCUT2D eigenvalue weighted by atomic mass is 16.3. The van der Waals surface area contributed by atoms with Crippen molar-refractivity contribution in [1.29, 1.82) is 0 Å². The van der Waals surface area contributed by atoms with Crippen LogP contribution in [0, 0.1) is 11.8 Å². The number of aryl methyl sites for hydroxylation is 2. The van der Waals surface area contributed by atoms with Crippen LogP contribution in [0.1, 0.15) is 50.3 Å². The highest BCUT2D eigenvalue weighted by Gasteiger charge is 2.24. The minimum absolute atomic E-state index is 0.0357. The molecule has 0 bridgehead atoms. The fourth-order valence-corrected chi connectivity index (χ4v) is 2.97. The lowest BCUT2D eigenvalue weighted by atomic mass is 9.88. The number of Topliss-reactive ketones (excluding diaryl/α,β-unsaturated/α-hetero) is 1. The van der Waals surface area contributed by atoms with Gasteiger partial charge in [0.25, 0.3) is 0 Å². The van der Waals surface area contributed by atoms with Crippen LogP contribution in [0.2, 0.25) is 0 Å². The molecule has 120 valence electrons. The molecule has 2 aromatic rings. The van der Waals surface area contributed by atoms with Crippen molar-refractivity contribution in [3.8, 4) is 0 Å². The molecule has 2 atom stereocenters. The first-order valence-corrected chi connectivity index (χ1v) is 8.20. The van der Waals surface area contributed by atoms with Crippen molar-refractivity contribution in [1.82, 2.24) is 0 Å². The normalized spacial score (nSPS) is 14.0. The van der Waals surface area contributed by atoms with E-state index < -0.39 is 0 Å². The Kier molecular flexibility index (Phi) is 5.64. The van der Waals surface area contributed by atoms with Crippen molar-refractivity contribution >= 4 is 5.78 Å². The van der Waals surface area contributed by atoms with E-state index in [0.29, 0.717) is 12.8 Å². The molecular weight excluding hydrogens is 276 g/mol. The smallest absolute Gasteiger partial charge is 0.139 e. The lowest BCUT2D eigenvalue weighted by molar-refractivity contribution is -0.126. The summed E-state index contributed by atoms with van der Waals surface area (Å²) < 4.78 is 11.1. The number of carbonyl (C=O) groups excluding carboxylic acids is 1. The van der Waals surface area contributed by atoms with Gasteiger partial charge in [-0.05, 0) is 36.1 Å². The van der Waals surface area contributed by atoms with E-state index in [1.807, 2.05) is 26.0 Å². The molecule has 2 unspecified atom stereocenters. The van der Waals surface area contributed by atoms with Crippen molar-refractivity contribution in [3.63, 3.8) is 0 Å². The number of carbonyl (C=O) groups is 1. The lowest BCUT2D eigenvalue weighted by Crippen LogP contribution is -2.23. The fraction of sp³-hybridized carbons (Fsp3) is 0.526. The van der Waals surface area contributed by atoms with Crippen LogP contribution in [0.25, 0.3) is 0 Å². The molecule has 22 heavy (non-hydrogen) atoms. The quantitative estimate of drug-likeness (QED) is 0.714. The van der Waals surface area contributed by atoms with E-state index in [1.54, 1.807) is 12.5 Å². The summed E-state index contributed by atoms with van der Waals surface area (Å²) in [6.45, 7) is 8.19. The van der Waals surface area contributed by atoms with Gasteiger partial charge in [-0.3, -0.25) is 4.79 Å². The Hall–Kier alpha value is -1.77. The van der Waals surface area contributed by atoms with Gasteiger partial charge >= 0.3 is 0 Å². The molecule has 0 amide bonds. The molecule has 0 aliphatic carbocycles. The third kappa shape index (κ3) is 3.70. The minimum Gasteiger partial charge on any atom is -0.469 e. The first-order chi connectivity index (χ1) is 10.6. The summed E-state index contributed by atoms with van der Waals surface area (Å²) in [6.07, 6.45) is 6.66. The van der Waals surface area contributed by atoms with Crippen molar-refractivity contribution < 1.29 is 13.6 Å². The summed E-state index contributed by atoms with van der Waals surface area (Å²) in [5.41, 5.74) is 2.40. The molecule has 0 radical (unpaired) electrons. The van der Waals surface area contributed by atoms with Gasteiger partial charge in [-0.15, -0.1) is 0 Å². The van der Waals surface area contributed by atoms with Gasteiger partial charge in [0.2, 0.25) is 0 Å². The Morgan fingerprint density at radius 2 is 1.32 bits per heavy atom. The number of rotatable bonds is 8. The van der Waals surface area contributed by atoms with Crippen LogP contribution in [0.5, 0.6) is 0 Å². The van der Waals surface area contributed by atoms with Crippen molar-refractivity contribution in [2.45, 2.75) is 53.4 Å².